The van der Waals surface area contributed by atoms with Crippen LogP contribution in [0.4, 0.5) is 5.69 Å². The smallest absolute Gasteiger partial charge is 0.347 e. The quantitative estimate of drug-likeness (QED) is 0.847. The molecule has 2 N–H and O–H groups in total. The average molecular weight is 335 g/mol. The minimum Gasteiger partial charge on any atom is -0.478 e. The number of ether oxygens (including phenoxy) is 1. The number of carbonyl (C=O) groups is 1. The van der Waals surface area contributed by atoms with Crippen molar-refractivity contribution in [2.24, 2.45) is 0 Å². The standard InChI is InChI=1S/C16H17NO5S/c1-16(2,15(18)19)22-13-8-6-7-12(11-13)17-23(20,21)14-9-4-3-5-10-14/h3-11,17H,1-2H3,(H,18,19). The Balaban J connectivity index is 2.23. The van der Waals surface area contributed by atoms with E-state index < -0.39 is 21.6 Å². The first-order chi connectivity index (χ1) is 10.7. The number of hydrogen-bond donors (Lipinski definition) is 2. The van der Waals surface area contributed by atoms with Crippen molar-refractivity contribution < 1.29 is 23.1 Å². The summed E-state index contributed by atoms with van der Waals surface area (Å²) in [5, 5.41) is 9.07. The molecular weight excluding hydrogens is 318 g/mol. The Morgan fingerprint density at radius 2 is 1.74 bits per heavy atom. The van der Waals surface area contributed by atoms with Crippen LogP contribution in [0.15, 0.2) is 59.5 Å². The fourth-order valence-electron chi connectivity index (χ4n) is 1.78. The van der Waals surface area contributed by atoms with E-state index in [0.29, 0.717) is 0 Å². The fraction of sp³-hybridized carbons (Fsp3) is 0.188. The van der Waals surface area contributed by atoms with Gasteiger partial charge >= 0.3 is 5.97 Å². The van der Waals surface area contributed by atoms with Gasteiger partial charge in [0.15, 0.2) is 5.60 Å². The monoisotopic (exact) mass is 335 g/mol. The lowest BCUT2D eigenvalue weighted by molar-refractivity contribution is -0.152. The number of nitrogens with one attached hydrogen (secondary N) is 1. The first-order valence-electron chi connectivity index (χ1n) is 6.81. The first-order valence-corrected chi connectivity index (χ1v) is 8.29. The molecule has 6 nitrogen and oxygen atoms in total. The third-order valence-electron chi connectivity index (χ3n) is 3.03. The number of rotatable bonds is 6. The molecule has 2 aromatic rings. The summed E-state index contributed by atoms with van der Waals surface area (Å²) in [6.45, 7) is 2.83. The van der Waals surface area contributed by atoms with E-state index in [1.807, 2.05) is 0 Å². The molecule has 0 radical (unpaired) electrons. The van der Waals surface area contributed by atoms with Gasteiger partial charge in [-0.15, -0.1) is 0 Å². The molecule has 0 aromatic heterocycles. The Hall–Kier alpha value is -2.54. The van der Waals surface area contributed by atoms with E-state index in [-0.39, 0.29) is 16.3 Å². The molecule has 0 bridgehead atoms. The van der Waals surface area contributed by atoms with E-state index in [0.717, 1.165) is 0 Å². The van der Waals surface area contributed by atoms with Crippen molar-refractivity contribution in [1.29, 1.82) is 0 Å². The highest BCUT2D eigenvalue weighted by Gasteiger charge is 2.29. The second kappa shape index (κ2) is 6.29. The lowest BCUT2D eigenvalue weighted by Crippen LogP contribution is -2.37. The maximum Gasteiger partial charge on any atom is 0.347 e. The zero-order valence-electron chi connectivity index (χ0n) is 12.7. The van der Waals surface area contributed by atoms with Crippen molar-refractivity contribution in [3.63, 3.8) is 0 Å². The largest absolute Gasteiger partial charge is 0.478 e. The molecule has 0 unspecified atom stereocenters. The van der Waals surface area contributed by atoms with Crippen molar-refractivity contribution >= 4 is 21.7 Å². The van der Waals surface area contributed by atoms with Gasteiger partial charge in [-0.2, -0.15) is 0 Å². The van der Waals surface area contributed by atoms with Gasteiger partial charge < -0.3 is 9.84 Å². The second-order valence-corrected chi connectivity index (χ2v) is 7.05. The summed E-state index contributed by atoms with van der Waals surface area (Å²) in [5.74, 6) is -0.863. The van der Waals surface area contributed by atoms with Gasteiger partial charge in [0.05, 0.1) is 10.6 Å². The Labute approximate surface area is 134 Å². The SMILES string of the molecule is CC(C)(Oc1cccc(NS(=O)(=O)c2ccccc2)c1)C(=O)O. The maximum atomic E-state index is 12.3. The summed E-state index contributed by atoms with van der Waals surface area (Å²) < 4.78 is 32.3. The average Bonchev–Trinajstić information content (AvgIpc) is 2.47. The van der Waals surface area contributed by atoms with E-state index in [1.54, 1.807) is 36.4 Å². The van der Waals surface area contributed by atoms with Crippen LogP contribution in [0.5, 0.6) is 5.75 Å². The van der Waals surface area contributed by atoms with Crippen LogP contribution in [0.2, 0.25) is 0 Å². The molecule has 0 aliphatic rings. The molecule has 2 rings (SSSR count). The maximum absolute atomic E-state index is 12.3. The summed E-state index contributed by atoms with van der Waals surface area (Å²) in [6.07, 6.45) is 0. The van der Waals surface area contributed by atoms with Crippen molar-refractivity contribution in [2.75, 3.05) is 4.72 Å². The van der Waals surface area contributed by atoms with Gasteiger partial charge in [-0.1, -0.05) is 24.3 Å². The van der Waals surface area contributed by atoms with Crippen LogP contribution in [0.25, 0.3) is 0 Å². The highest BCUT2D eigenvalue weighted by Crippen LogP contribution is 2.24. The topological polar surface area (TPSA) is 92.7 Å². The van der Waals surface area contributed by atoms with E-state index >= 15 is 0 Å². The van der Waals surface area contributed by atoms with Crippen molar-refractivity contribution in [2.45, 2.75) is 24.3 Å². The molecule has 0 atom stereocenters. The Morgan fingerprint density at radius 3 is 2.35 bits per heavy atom. The summed E-state index contributed by atoms with van der Waals surface area (Å²) in [5.41, 5.74) is -1.13. The Bertz CT molecular complexity index is 800. The van der Waals surface area contributed by atoms with E-state index in [1.165, 1.54) is 32.0 Å². The van der Waals surface area contributed by atoms with Crippen LogP contribution < -0.4 is 9.46 Å². The zero-order chi connectivity index (χ0) is 17.1. The van der Waals surface area contributed by atoms with E-state index in [4.69, 9.17) is 9.84 Å². The van der Waals surface area contributed by atoms with Crippen LogP contribution in [0.1, 0.15) is 13.8 Å². The Morgan fingerprint density at radius 1 is 1.09 bits per heavy atom. The van der Waals surface area contributed by atoms with Crippen molar-refractivity contribution in [3.8, 4) is 5.75 Å². The van der Waals surface area contributed by atoms with Crippen LogP contribution in [0, 0.1) is 0 Å². The predicted molar refractivity (Wildman–Crippen MR) is 86.0 cm³/mol. The molecule has 0 saturated heterocycles. The van der Waals surface area contributed by atoms with Gasteiger partial charge in [-0.25, -0.2) is 13.2 Å². The van der Waals surface area contributed by atoms with Crippen LogP contribution >= 0.6 is 0 Å². The molecule has 0 spiro atoms. The lowest BCUT2D eigenvalue weighted by Gasteiger charge is -2.21. The molecule has 7 heteroatoms. The number of sulfonamides is 1. The summed E-state index contributed by atoms with van der Waals surface area (Å²) in [4.78, 5) is 11.2. The van der Waals surface area contributed by atoms with Gasteiger partial charge in [-0.05, 0) is 38.1 Å². The molecule has 0 saturated carbocycles. The van der Waals surface area contributed by atoms with E-state index in [2.05, 4.69) is 4.72 Å². The molecular formula is C16H17NO5S. The van der Waals surface area contributed by atoms with E-state index in [9.17, 15) is 13.2 Å². The number of aliphatic carboxylic acids is 1. The number of benzene rings is 2. The second-order valence-electron chi connectivity index (χ2n) is 5.36. The normalized spacial score (nSPS) is 11.7. The van der Waals surface area contributed by atoms with Crippen molar-refractivity contribution in [3.05, 3.63) is 54.6 Å². The van der Waals surface area contributed by atoms with Gasteiger partial charge in [0.1, 0.15) is 5.75 Å². The summed E-state index contributed by atoms with van der Waals surface area (Å²) in [6, 6.07) is 14.1. The minimum atomic E-state index is -3.71. The van der Waals surface area contributed by atoms with Crippen LogP contribution in [-0.2, 0) is 14.8 Å². The molecule has 122 valence electrons. The van der Waals surface area contributed by atoms with Crippen LogP contribution in [-0.4, -0.2) is 25.1 Å². The third kappa shape index (κ3) is 4.23. The first kappa shape index (κ1) is 16.8. The molecule has 0 amide bonds. The molecule has 0 heterocycles. The van der Waals surface area contributed by atoms with Gasteiger partial charge in [0.25, 0.3) is 10.0 Å². The molecule has 0 fully saturated rings. The van der Waals surface area contributed by atoms with Gasteiger partial charge in [0.2, 0.25) is 0 Å². The number of carboxylic acids is 1. The highest BCUT2D eigenvalue weighted by atomic mass is 32.2. The van der Waals surface area contributed by atoms with Gasteiger partial charge in [-0.3, -0.25) is 4.72 Å². The minimum absolute atomic E-state index is 0.136. The molecule has 0 aliphatic carbocycles. The number of hydrogen-bond acceptors (Lipinski definition) is 4. The zero-order valence-corrected chi connectivity index (χ0v) is 13.5. The third-order valence-corrected chi connectivity index (χ3v) is 4.43. The van der Waals surface area contributed by atoms with Crippen LogP contribution in [0.3, 0.4) is 0 Å². The van der Waals surface area contributed by atoms with Crippen molar-refractivity contribution in [1.82, 2.24) is 0 Å². The predicted octanol–water partition coefficient (Wildman–Crippen LogP) is 2.73. The summed E-state index contributed by atoms with van der Waals surface area (Å²) >= 11 is 0. The summed E-state index contributed by atoms with van der Waals surface area (Å²) in [7, 11) is -3.71. The lowest BCUT2D eigenvalue weighted by atomic mass is 10.1. The molecule has 23 heavy (non-hydrogen) atoms. The highest BCUT2D eigenvalue weighted by molar-refractivity contribution is 7.92. The number of carboxylic acid groups (broad SMARTS) is 1. The fourth-order valence-corrected chi connectivity index (χ4v) is 2.85. The molecule has 0 aliphatic heterocycles. The molecule has 2 aromatic carbocycles. The Kier molecular flexibility index (Phi) is 4.60. The number of anilines is 1. The van der Waals surface area contributed by atoms with Gasteiger partial charge in [0, 0.05) is 6.07 Å².